The lowest BCUT2D eigenvalue weighted by Crippen LogP contribution is -2.43. The second kappa shape index (κ2) is 14.9. The van der Waals surface area contributed by atoms with Crippen LogP contribution in [0.3, 0.4) is 0 Å². The average Bonchev–Trinajstić information content (AvgIpc) is 3.02. The molecule has 3 N–H and O–H groups in total. The van der Waals surface area contributed by atoms with Crippen LogP contribution in [0.25, 0.3) is 11.1 Å². The summed E-state index contributed by atoms with van der Waals surface area (Å²) in [6, 6.07) is 17.2. The molecule has 9 nitrogen and oxygen atoms in total. The second-order valence-electron chi connectivity index (χ2n) is 12.5. The number of hydrogen-bond donors (Lipinski definition) is 3. The second-order valence-corrected chi connectivity index (χ2v) is 12.5. The molecule has 1 saturated carbocycles. The first-order valence-electron chi connectivity index (χ1n) is 16.3. The zero-order chi connectivity index (χ0) is 31.9. The maximum absolute atomic E-state index is 13.7. The van der Waals surface area contributed by atoms with E-state index in [4.69, 9.17) is 4.74 Å². The lowest BCUT2D eigenvalue weighted by atomic mass is 9.89. The van der Waals surface area contributed by atoms with E-state index in [1.165, 1.54) is 5.56 Å². The number of pyridine rings is 1. The number of rotatable bonds is 10. The summed E-state index contributed by atoms with van der Waals surface area (Å²) < 4.78 is 5.50. The van der Waals surface area contributed by atoms with E-state index in [1.807, 2.05) is 32.0 Å². The Bertz CT molecular complexity index is 1540. The van der Waals surface area contributed by atoms with Crippen LogP contribution in [0.2, 0.25) is 0 Å². The minimum absolute atomic E-state index is 0.0212. The van der Waals surface area contributed by atoms with Crippen LogP contribution in [0.5, 0.6) is 0 Å². The molecule has 1 aromatic heterocycles. The molecule has 1 aliphatic heterocycles. The molecule has 5 rings (SSSR count). The normalized spacial score (nSPS) is 18.8. The van der Waals surface area contributed by atoms with Crippen molar-refractivity contribution in [2.24, 2.45) is 0 Å². The number of anilines is 1. The van der Waals surface area contributed by atoms with E-state index in [2.05, 4.69) is 62.7 Å². The fourth-order valence-electron chi connectivity index (χ4n) is 6.74. The van der Waals surface area contributed by atoms with Crippen molar-refractivity contribution in [1.82, 2.24) is 20.5 Å². The quantitative estimate of drug-likeness (QED) is 0.306. The SMILES string of the molecule is CCN(c1cc(C(=O)NCc2c(C)cc(C)[nH]c2=O)cc(-c2ccc(CN3CCOCC3)cc2)c1)[C@H]1CC[C@H](NC(C)=O)CC1. The van der Waals surface area contributed by atoms with Crippen LogP contribution in [0.4, 0.5) is 5.69 Å². The van der Waals surface area contributed by atoms with Gasteiger partial charge in [-0.25, -0.2) is 0 Å². The van der Waals surface area contributed by atoms with Gasteiger partial charge in [-0.2, -0.15) is 0 Å². The minimum Gasteiger partial charge on any atom is -0.379 e. The van der Waals surface area contributed by atoms with Gasteiger partial charge in [-0.05, 0) is 93.0 Å². The Morgan fingerprint density at radius 2 is 1.69 bits per heavy atom. The highest BCUT2D eigenvalue weighted by molar-refractivity contribution is 5.97. The van der Waals surface area contributed by atoms with Crippen molar-refractivity contribution >= 4 is 17.5 Å². The number of ether oxygens (including phenoxy) is 1. The van der Waals surface area contributed by atoms with Crippen LogP contribution < -0.4 is 21.1 Å². The number of benzene rings is 2. The van der Waals surface area contributed by atoms with Gasteiger partial charge in [0.1, 0.15) is 0 Å². The van der Waals surface area contributed by atoms with Gasteiger partial charge in [0.05, 0.1) is 13.2 Å². The van der Waals surface area contributed by atoms with Gasteiger partial charge in [-0.1, -0.05) is 24.3 Å². The molecule has 3 aromatic rings. The number of aryl methyl sites for hydroxylation is 2. The predicted octanol–water partition coefficient (Wildman–Crippen LogP) is 4.69. The van der Waals surface area contributed by atoms with Crippen LogP contribution in [0.1, 0.15) is 72.3 Å². The highest BCUT2D eigenvalue weighted by atomic mass is 16.5. The van der Waals surface area contributed by atoms with Gasteiger partial charge < -0.3 is 25.3 Å². The minimum atomic E-state index is -0.216. The molecule has 0 atom stereocenters. The summed E-state index contributed by atoms with van der Waals surface area (Å²) in [5, 5.41) is 6.08. The number of hydrogen-bond acceptors (Lipinski definition) is 6. The monoisotopic (exact) mass is 613 g/mol. The average molecular weight is 614 g/mol. The molecule has 2 fully saturated rings. The van der Waals surface area contributed by atoms with Crippen molar-refractivity contribution in [1.29, 1.82) is 0 Å². The highest BCUT2D eigenvalue weighted by Gasteiger charge is 2.27. The first kappa shape index (κ1) is 32.4. The van der Waals surface area contributed by atoms with Crippen molar-refractivity contribution in [3.05, 3.63) is 86.8 Å². The van der Waals surface area contributed by atoms with E-state index in [0.717, 1.165) is 93.1 Å². The maximum Gasteiger partial charge on any atom is 0.253 e. The standard InChI is InChI=1S/C36H47N5O4/c1-5-41(32-12-10-31(11-13-32)39-26(4)42)33-20-29(28-8-6-27(7-9-28)23-40-14-16-45-17-15-40)19-30(21-33)35(43)37-22-34-24(2)18-25(3)38-36(34)44/h6-9,18-21,31-32H,5,10-17,22-23H2,1-4H3,(H,37,43)(H,38,44)(H,39,42)/t31-,32-. The first-order chi connectivity index (χ1) is 21.7. The molecular formula is C36H47N5O4. The molecule has 1 aliphatic carbocycles. The third-order valence-corrected chi connectivity index (χ3v) is 9.11. The number of morpholine rings is 1. The van der Waals surface area contributed by atoms with Gasteiger partial charge in [0.25, 0.3) is 11.5 Å². The molecule has 9 heteroatoms. The lowest BCUT2D eigenvalue weighted by molar-refractivity contribution is -0.119. The number of aromatic amines is 1. The topological polar surface area (TPSA) is 107 Å². The summed E-state index contributed by atoms with van der Waals surface area (Å²) in [6.45, 7) is 12.7. The van der Waals surface area contributed by atoms with Gasteiger partial charge in [-0.3, -0.25) is 19.3 Å². The summed E-state index contributed by atoms with van der Waals surface area (Å²) in [6.07, 6.45) is 3.80. The summed E-state index contributed by atoms with van der Waals surface area (Å²) in [7, 11) is 0. The van der Waals surface area contributed by atoms with Crippen molar-refractivity contribution < 1.29 is 14.3 Å². The highest BCUT2D eigenvalue weighted by Crippen LogP contribution is 2.32. The number of carbonyl (C=O) groups is 2. The van der Waals surface area contributed by atoms with Crippen LogP contribution in [-0.2, 0) is 22.6 Å². The molecule has 45 heavy (non-hydrogen) atoms. The van der Waals surface area contributed by atoms with Crippen LogP contribution in [0, 0.1) is 13.8 Å². The molecule has 2 heterocycles. The van der Waals surface area contributed by atoms with Gasteiger partial charge in [0.2, 0.25) is 5.91 Å². The Balaban J connectivity index is 1.41. The summed E-state index contributed by atoms with van der Waals surface area (Å²) >= 11 is 0. The van der Waals surface area contributed by atoms with Crippen molar-refractivity contribution in [2.45, 2.75) is 78.6 Å². The molecular weight excluding hydrogens is 566 g/mol. The summed E-state index contributed by atoms with van der Waals surface area (Å²) in [5.41, 5.74) is 6.88. The molecule has 0 radical (unpaired) electrons. The fourth-order valence-corrected chi connectivity index (χ4v) is 6.74. The molecule has 2 amide bonds. The third-order valence-electron chi connectivity index (χ3n) is 9.11. The lowest BCUT2D eigenvalue weighted by Gasteiger charge is -2.38. The molecule has 2 aromatic carbocycles. The number of H-pyrrole nitrogens is 1. The Labute approximate surface area is 266 Å². The third kappa shape index (κ3) is 8.41. The van der Waals surface area contributed by atoms with Crippen LogP contribution >= 0.6 is 0 Å². The van der Waals surface area contributed by atoms with Gasteiger partial charge >= 0.3 is 0 Å². The number of aromatic nitrogens is 1. The Kier molecular flexibility index (Phi) is 10.7. The molecule has 2 aliphatic rings. The molecule has 0 unspecified atom stereocenters. The van der Waals surface area contributed by atoms with E-state index < -0.39 is 0 Å². The van der Waals surface area contributed by atoms with E-state index in [-0.39, 0.29) is 30.0 Å². The van der Waals surface area contributed by atoms with Crippen molar-refractivity contribution in [3.63, 3.8) is 0 Å². The van der Waals surface area contributed by atoms with E-state index >= 15 is 0 Å². The molecule has 0 bridgehead atoms. The van der Waals surface area contributed by atoms with Crippen molar-refractivity contribution in [3.8, 4) is 11.1 Å². The smallest absolute Gasteiger partial charge is 0.253 e. The molecule has 0 spiro atoms. The summed E-state index contributed by atoms with van der Waals surface area (Å²) in [5.74, 6) is -0.195. The van der Waals surface area contributed by atoms with E-state index in [0.29, 0.717) is 17.2 Å². The zero-order valence-electron chi connectivity index (χ0n) is 27.1. The van der Waals surface area contributed by atoms with E-state index in [1.54, 1.807) is 6.92 Å². The number of nitrogens with zero attached hydrogens (tertiary/aromatic N) is 2. The number of amides is 2. The van der Waals surface area contributed by atoms with Crippen LogP contribution in [0.15, 0.2) is 53.3 Å². The first-order valence-corrected chi connectivity index (χ1v) is 16.3. The Morgan fingerprint density at radius 3 is 2.33 bits per heavy atom. The molecule has 1 saturated heterocycles. The molecule has 240 valence electrons. The Hall–Kier alpha value is -3.95. The Morgan fingerprint density at radius 1 is 0.978 bits per heavy atom. The van der Waals surface area contributed by atoms with Crippen LogP contribution in [-0.4, -0.2) is 66.6 Å². The summed E-state index contributed by atoms with van der Waals surface area (Å²) in [4.78, 5) is 45.5. The van der Waals surface area contributed by atoms with E-state index in [9.17, 15) is 14.4 Å². The van der Waals surface area contributed by atoms with Gasteiger partial charge in [0, 0.05) is 74.2 Å². The number of nitrogens with one attached hydrogen (secondary N) is 3. The van der Waals surface area contributed by atoms with Gasteiger partial charge in [0.15, 0.2) is 0 Å². The zero-order valence-corrected chi connectivity index (χ0v) is 27.1. The van der Waals surface area contributed by atoms with Gasteiger partial charge in [-0.15, -0.1) is 0 Å². The fraction of sp³-hybridized carbons (Fsp3) is 0.472. The number of carbonyl (C=O) groups excluding carboxylic acids is 2. The maximum atomic E-state index is 13.7. The predicted molar refractivity (Wildman–Crippen MR) is 179 cm³/mol. The van der Waals surface area contributed by atoms with Crippen molar-refractivity contribution in [2.75, 3.05) is 37.7 Å². The largest absolute Gasteiger partial charge is 0.379 e.